The van der Waals surface area contributed by atoms with Gasteiger partial charge in [-0.1, -0.05) is 13.8 Å². The highest BCUT2D eigenvalue weighted by Gasteiger charge is 2.37. The van der Waals surface area contributed by atoms with E-state index in [2.05, 4.69) is 0 Å². The van der Waals surface area contributed by atoms with Gasteiger partial charge in [-0.15, -0.1) is 0 Å². The molecule has 6 nitrogen and oxygen atoms in total. The molecule has 1 unspecified atom stereocenters. The Morgan fingerprint density at radius 3 is 2.76 bits per heavy atom. The Balaban J connectivity index is 2.31. The fourth-order valence-corrected chi connectivity index (χ4v) is 2.55. The topological polar surface area (TPSA) is 89.5 Å². The van der Waals surface area contributed by atoms with Crippen molar-refractivity contribution in [1.29, 1.82) is 0 Å². The second-order valence-electron chi connectivity index (χ2n) is 6.03. The van der Waals surface area contributed by atoms with E-state index in [-0.39, 0.29) is 17.0 Å². The Morgan fingerprint density at radius 1 is 1.52 bits per heavy atom. The van der Waals surface area contributed by atoms with Gasteiger partial charge < -0.3 is 10.6 Å². The molecule has 21 heavy (non-hydrogen) atoms. The lowest BCUT2D eigenvalue weighted by Crippen LogP contribution is -2.54. The van der Waals surface area contributed by atoms with Gasteiger partial charge in [-0.25, -0.2) is 4.39 Å². The highest BCUT2D eigenvalue weighted by Crippen LogP contribution is 2.30. The van der Waals surface area contributed by atoms with Crippen LogP contribution in [-0.2, 0) is 0 Å². The van der Waals surface area contributed by atoms with E-state index in [0.717, 1.165) is 18.2 Å². The predicted octanol–water partition coefficient (Wildman–Crippen LogP) is 1.93. The van der Waals surface area contributed by atoms with Gasteiger partial charge in [0.15, 0.2) is 0 Å². The second-order valence-corrected chi connectivity index (χ2v) is 6.03. The molecule has 1 aliphatic heterocycles. The van der Waals surface area contributed by atoms with E-state index in [1.807, 2.05) is 13.8 Å². The Kier molecular flexibility index (Phi) is 3.95. The number of nitrogens with two attached hydrogens (primary N) is 1. The number of hydrogen-bond acceptors (Lipinski definition) is 4. The van der Waals surface area contributed by atoms with E-state index in [9.17, 15) is 19.3 Å². The molecule has 0 radical (unpaired) electrons. The van der Waals surface area contributed by atoms with E-state index in [1.165, 1.54) is 0 Å². The smallest absolute Gasteiger partial charge is 0.285 e. The van der Waals surface area contributed by atoms with E-state index in [1.54, 1.807) is 4.90 Å². The summed E-state index contributed by atoms with van der Waals surface area (Å²) in [6.45, 7) is 4.77. The van der Waals surface area contributed by atoms with Crippen LogP contribution in [0.4, 0.5) is 10.1 Å². The fourth-order valence-electron chi connectivity index (χ4n) is 2.55. The van der Waals surface area contributed by atoms with E-state index < -0.39 is 22.3 Å². The van der Waals surface area contributed by atoms with Gasteiger partial charge >= 0.3 is 0 Å². The number of nitro groups is 1. The zero-order valence-electron chi connectivity index (χ0n) is 12.0. The van der Waals surface area contributed by atoms with Gasteiger partial charge in [0, 0.05) is 19.1 Å². The Hall–Kier alpha value is -2.02. The molecule has 7 heteroatoms. The van der Waals surface area contributed by atoms with Crippen LogP contribution < -0.4 is 5.73 Å². The number of rotatable bonds is 2. The van der Waals surface area contributed by atoms with Crippen molar-refractivity contribution in [3.63, 3.8) is 0 Å². The standard InChI is InChI=1S/C14H18FN3O3/c1-14(2)8-17(6-5-12(14)16)13(19)10-4-3-9(15)7-11(10)18(20)21/h3-4,7,12H,5-6,8,16H2,1-2H3. The highest BCUT2D eigenvalue weighted by molar-refractivity contribution is 5.98. The summed E-state index contributed by atoms with van der Waals surface area (Å²) in [6, 6.07) is 2.97. The number of likely N-dealkylation sites (tertiary alicyclic amines) is 1. The molecule has 0 aliphatic carbocycles. The van der Waals surface area contributed by atoms with Crippen LogP contribution in [-0.4, -0.2) is 34.9 Å². The maximum atomic E-state index is 13.1. The third-order valence-electron chi connectivity index (χ3n) is 3.99. The summed E-state index contributed by atoms with van der Waals surface area (Å²) >= 11 is 0. The van der Waals surface area contributed by atoms with Crippen LogP contribution in [0.1, 0.15) is 30.6 Å². The van der Waals surface area contributed by atoms with Gasteiger partial charge in [0.05, 0.1) is 11.0 Å². The molecule has 0 spiro atoms. The second kappa shape index (κ2) is 5.40. The predicted molar refractivity (Wildman–Crippen MR) is 75.3 cm³/mol. The number of benzene rings is 1. The molecule has 1 atom stereocenters. The summed E-state index contributed by atoms with van der Waals surface area (Å²) in [7, 11) is 0. The number of carbonyl (C=O) groups is 1. The number of hydrogen-bond donors (Lipinski definition) is 1. The summed E-state index contributed by atoms with van der Waals surface area (Å²) in [4.78, 5) is 24.3. The molecule has 1 aliphatic rings. The Morgan fingerprint density at radius 2 is 2.19 bits per heavy atom. The SMILES string of the molecule is CC1(C)CN(C(=O)c2ccc(F)cc2[N+](=O)[O-])CCC1N. The molecule has 0 aromatic heterocycles. The number of nitrogens with zero attached hydrogens (tertiary/aromatic N) is 2. The summed E-state index contributed by atoms with van der Waals surface area (Å²) < 4.78 is 13.1. The Labute approximate surface area is 121 Å². The summed E-state index contributed by atoms with van der Waals surface area (Å²) in [5.74, 6) is -1.19. The average Bonchev–Trinajstić information content (AvgIpc) is 2.41. The first-order valence-electron chi connectivity index (χ1n) is 6.71. The van der Waals surface area contributed by atoms with Crippen molar-refractivity contribution >= 4 is 11.6 Å². The molecule has 1 amide bonds. The highest BCUT2D eigenvalue weighted by atomic mass is 19.1. The lowest BCUT2D eigenvalue weighted by Gasteiger charge is -2.42. The van der Waals surface area contributed by atoms with Crippen LogP contribution in [0, 0.1) is 21.3 Å². The molecule has 1 saturated heterocycles. The van der Waals surface area contributed by atoms with Crippen LogP contribution in [0.3, 0.4) is 0 Å². The molecule has 1 aromatic carbocycles. The third-order valence-corrected chi connectivity index (χ3v) is 3.99. The third kappa shape index (κ3) is 3.02. The van der Waals surface area contributed by atoms with Crippen LogP contribution in [0.15, 0.2) is 18.2 Å². The maximum Gasteiger partial charge on any atom is 0.285 e. The molecule has 114 valence electrons. The molecular weight excluding hydrogens is 277 g/mol. The summed E-state index contributed by atoms with van der Waals surface area (Å²) in [5, 5.41) is 11.0. The van der Waals surface area contributed by atoms with Gasteiger partial charge in [0.2, 0.25) is 0 Å². The minimum atomic E-state index is -0.739. The number of nitro benzene ring substituents is 1. The van der Waals surface area contributed by atoms with Crippen molar-refractivity contribution in [2.45, 2.75) is 26.3 Å². The lowest BCUT2D eigenvalue weighted by atomic mass is 9.79. The molecule has 0 saturated carbocycles. The molecule has 2 rings (SSSR count). The maximum absolute atomic E-state index is 13.1. The van der Waals surface area contributed by atoms with Crippen molar-refractivity contribution in [2.24, 2.45) is 11.1 Å². The average molecular weight is 295 g/mol. The lowest BCUT2D eigenvalue weighted by molar-refractivity contribution is -0.385. The number of halogens is 1. The zero-order chi connectivity index (χ0) is 15.8. The van der Waals surface area contributed by atoms with Crippen molar-refractivity contribution in [2.75, 3.05) is 13.1 Å². The van der Waals surface area contributed by atoms with Crippen molar-refractivity contribution in [3.05, 3.63) is 39.7 Å². The van der Waals surface area contributed by atoms with E-state index in [0.29, 0.717) is 19.5 Å². The van der Waals surface area contributed by atoms with Crippen molar-refractivity contribution in [3.8, 4) is 0 Å². The first-order chi connectivity index (χ1) is 9.72. The number of amides is 1. The first kappa shape index (κ1) is 15.4. The monoisotopic (exact) mass is 295 g/mol. The molecule has 1 heterocycles. The molecule has 0 bridgehead atoms. The van der Waals surface area contributed by atoms with Crippen LogP contribution in [0.2, 0.25) is 0 Å². The van der Waals surface area contributed by atoms with E-state index in [4.69, 9.17) is 5.73 Å². The van der Waals surface area contributed by atoms with Crippen molar-refractivity contribution in [1.82, 2.24) is 4.90 Å². The van der Waals surface area contributed by atoms with Gasteiger partial charge in [-0.05, 0) is 24.0 Å². The summed E-state index contributed by atoms with van der Waals surface area (Å²) in [5.41, 5.74) is 5.16. The van der Waals surface area contributed by atoms with Crippen LogP contribution in [0.5, 0.6) is 0 Å². The quantitative estimate of drug-likeness (QED) is 0.667. The van der Waals surface area contributed by atoms with Gasteiger partial charge in [0.1, 0.15) is 11.4 Å². The molecule has 2 N–H and O–H groups in total. The molecular formula is C14H18FN3O3. The minimum Gasteiger partial charge on any atom is -0.338 e. The number of piperidine rings is 1. The Bertz CT molecular complexity index is 589. The summed E-state index contributed by atoms with van der Waals surface area (Å²) in [6.07, 6.45) is 0.633. The van der Waals surface area contributed by atoms with Crippen molar-refractivity contribution < 1.29 is 14.1 Å². The first-order valence-corrected chi connectivity index (χ1v) is 6.71. The fraction of sp³-hybridized carbons (Fsp3) is 0.500. The van der Waals surface area contributed by atoms with E-state index >= 15 is 0 Å². The van der Waals surface area contributed by atoms with Gasteiger partial charge in [0.25, 0.3) is 11.6 Å². The number of carbonyl (C=O) groups excluding carboxylic acids is 1. The molecule has 1 aromatic rings. The van der Waals surface area contributed by atoms with Gasteiger partial charge in [-0.2, -0.15) is 0 Å². The largest absolute Gasteiger partial charge is 0.338 e. The molecule has 1 fully saturated rings. The van der Waals surface area contributed by atoms with Crippen LogP contribution >= 0.6 is 0 Å². The van der Waals surface area contributed by atoms with Crippen LogP contribution in [0.25, 0.3) is 0 Å². The minimum absolute atomic E-state index is 0.0234. The normalized spacial score (nSPS) is 21.1. The van der Waals surface area contributed by atoms with Gasteiger partial charge in [-0.3, -0.25) is 14.9 Å². The zero-order valence-corrected chi connectivity index (χ0v) is 12.0.